The van der Waals surface area contributed by atoms with Gasteiger partial charge in [0.1, 0.15) is 0 Å². The summed E-state index contributed by atoms with van der Waals surface area (Å²) in [6.45, 7) is 0. The number of nitrogens with zero attached hydrogens (tertiary/aromatic N) is 2. The molecule has 1 N–H and O–H groups in total. The predicted octanol–water partition coefficient (Wildman–Crippen LogP) is 1.96. The number of hydrogen-bond acceptors (Lipinski definition) is 3. The Balaban J connectivity index is 2.57. The van der Waals surface area contributed by atoms with Crippen LogP contribution in [0.2, 0.25) is 0 Å². The molecule has 1 aromatic heterocycles. The molecule has 14 heavy (non-hydrogen) atoms. The summed E-state index contributed by atoms with van der Waals surface area (Å²) in [5.74, 6) is 0.311. The second-order valence-corrected chi connectivity index (χ2v) is 3.57. The van der Waals surface area contributed by atoms with Crippen molar-refractivity contribution in [1.82, 2.24) is 9.97 Å². The van der Waals surface area contributed by atoms with Crippen LogP contribution in [0.1, 0.15) is 0 Å². The lowest BCUT2D eigenvalue weighted by Gasteiger charge is -2.00. The SMILES string of the molecule is O=CNc1ncc2ccc(Br)cc2n1. The molecule has 0 aliphatic rings. The molecule has 0 saturated carbocycles. The molecule has 1 amide bonds. The Kier molecular flexibility index (Phi) is 2.41. The highest BCUT2D eigenvalue weighted by atomic mass is 79.9. The third-order valence-corrected chi connectivity index (χ3v) is 2.23. The standard InChI is InChI=1S/C9H6BrN3O/c10-7-2-1-6-4-11-9(12-5-14)13-8(6)3-7/h1-5H,(H,11,12,13,14). The summed E-state index contributed by atoms with van der Waals surface area (Å²) in [6.07, 6.45) is 2.22. The molecule has 0 aliphatic heterocycles. The van der Waals surface area contributed by atoms with E-state index < -0.39 is 0 Å². The van der Waals surface area contributed by atoms with Gasteiger partial charge >= 0.3 is 0 Å². The molecule has 0 bridgehead atoms. The van der Waals surface area contributed by atoms with Crippen LogP contribution in [0.25, 0.3) is 10.9 Å². The molecule has 0 spiro atoms. The quantitative estimate of drug-likeness (QED) is 0.831. The maximum Gasteiger partial charge on any atom is 0.229 e. The molecule has 2 rings (SSSR count). The van der Waals surface area contributed by atoms with E-state index in [1.54, 1.807) is 6.20 Å². The maximum atomic E-state index is 10.2. The molecule has 5 heteroatoms. The lowest BCUT2D eigenvalue weighted by molar-refractivity contribution is -0.105. The first kappa shape index (κ1) is 9.08. The minimum Gasteiger partial charge on any atom is -0.297 e. The van der Waals surface area contributed by atoms with Crippen LogP contribution in [0.5, 0.6) is 0 Å². The number of hydrogen-bond donors (Lipinski definition) is 1. The van der Waals surface area contributed by atoms with Crippen LogP contribution in [0.4, 0.5) is 5.95 Å². The molecule has 2 aromatic rings. The fourth-order valence-corrected chi connectivity index (χ4v) is 1.47. The second kappa shape index (κ2) is 3.71. The summed E-state index contributed by atoms with van der Waals surface area (Å²) >= 11 is 3.35. The van der Waals surface area contributed by atoms with E-state index >= 15 is 0 Å². The highest BCUT2D eigenvalue weighted by Crippen LogP contribution is 2.18. The van der Waals surface area contributed by atoms with Gasteiger partial charge in [-0.3, -0.25) is 10.1 Å². The van der Waals surface area contributed by atoms with E-state index in [4.69, 9.17) is 0 Å². The number of benzene rings is 1. The zero-order valence-electron chi connectivity index (χ0n) is 7.07. The van der Waals surface area contributed by atoms with Crippen LogP contribution >= 0.6 is 15.9 Å². The molecule has 0 atom stereocenters. The highest BCUT2D eigenvalue weighted by Gasteiger charge is 1.98. The van der Waals surface area contributed by atoms with Gasteiger partial charge in [-0.05, 0) is 12.1 Å². The average Bonchev–Trinajstić information content (AvgIpc) is 2.17. The highest BCUT2D eigenvalue weighted by molar-refractivity contribution is 9.10. The summed E-state index contributed by atoms with van der Waals surface area (Å²) in [5, 5.41) is 3.34. The monoisotopic (exact) mass is 251 g/mol. The zero-order chi connectivity index (χ0) is 9.97. The molecule has 0 unspecified atom stereocenters. The Morgan fingerprint density at radius 1 is 1.43 bits per heavy atom. The molecule has 0 saturated heterocycles. The van der Waals surface area contributed by atoms with Crippen molar-refractivity contribution in [3.63, 3.8) is 0 Å². The van der Waals surface area contributed by atoms with Crippen LogP contribution < -0.4 is 5.32 Å². The van der Waals surface area contributed by atoms with Crippen LogP contribution in [-0.4, -0.2) is 16.4 Å². The molecule has 4 nitrogen and oxygen atoms in total. The number of carbonyl (C=O) groups is 1. The second-order valence-electron chi connectivity index (χ2n) is 2.66. The Hall–Kier alpha value is -1.49. The van der Waals surface area contributed by atoms with E-state index in [1.165, 1.54) is 0 Å². The number of amides is 1. The topological polar surface area (TPSA) is 54.9 Å². The average molecular weight is 252 g/mol. The minimum absolute atomic E-state index is 0.311. The molecule has 0 radical (unpaired) electrons. The Morgan fingerprint density at radius 3 is 3.07 bits per heavy atom. The van der Waals surface area contributed by atoms with Crippen molar-refractivity contribution in [3.8, 4) is 0 Å². The van der Waals surface area contributed by atoms with Crippen molar-refractivity contribution in [2.24, 2.45) is 0 Å². The maximum absolute atomic E-state index is 10.2. The first-order valence-electron chi connectivity index (χ1n) is 3.92. The van der Waals surface area contributed by atoms with Gasteiger partial charge in [0.05, 0.1) is 5.52 Å². The summed E-state index contributed by atoms with van der Waals surface area (Å²) in [4.78, 5) is 18.3. The van der Waals surface area contributed by atoms with Crippen molar-refractivity contribution in [1.29, 1.82) is 0 Å². The smallest absolute Gasteiger partial charge is 0.229 e. The Morgan fingerprint density at radius 2 is 2.29 bits per heavy atom. The van der Waals surface area contributed by atoms with Gasteiger partial charge in [-0.15, -0.1) is 0 Å². The number of anilines is 1. The summed E-state index contributed by atoms with van der Waals surface area (Å²) in [7, 11) is 0. The minimum atomic E-state index is 0.311. The largest absolute Gasteiger partial charge is 0.297 e. The number of halogens is 1. The number of fused-ring (bicyclic) bond motifs is 1. The van der Waals surface area contributed by atoms with Gasteiger partial charge in [-0.2, -0.15) is 0 Å². The van der Waals surface area contributed by atoms with Crippen molar-refractivity contribution in [2.45, 2.75) is 0 Å². The van der Waals surface area contributed by atoms with Crippen molar-refractivity contribution >= 4 is 39.2 Å². The van der Waals surface area contributed by atoms with Gasteiger partial charge in [-0.1, -0.05) is 22.0 Å². The van der Waals surface area contributed by atoms with Gasteiger partial charge in [0, 0.05) is 16.1 Å². The third kappa shape index (κ3) is 1.72. The van der Waals surface area contributed by atoms with E-state index in [0.29, 0.717) is 12.4 Å². The van der Waals surface area contributed by atoms with Gasteiger partial charge < -0.3 is 0 Å². The lowest BCUT2D eigenvalue weighted by Crippen LogP contribution is -1.99. The summed E-state index contributed by atoms with van der Waals surface area (Å²) in [5.41, 5.74) is 0.790. The fraction of sp³-hybridized carbons (Fsp3) is 0. The summed E-state index contributed by atoms with van der Waals surface area (Å²) in [6, 6.07) is 5.69. The van der Waals surface area contributed by atoms with Crippen molar-refractivity contribution in [2.75, 3.05) is 5.32 Å². The number of carbonyl (C=O) groups excluding carboxylic acids is 1. The fourth-order valence-electron chi connectivity index (χ4n) is 1.12. The van der Waals surface area contributed by atoms with Crippen LogP contribution in [0.3, 0.4) is 0 Å². The predicted molar refractivity (Wildman–Crippen MR) is 56.9 cm³/mol. The van der Waals surface area contributed by atoms with Crippen LogP contribution in [0, 0.1) is 0 Å². The lowest BCUT2D eigenvalue weighted by atomic mass is 10.2. The third-order valence-electron chi connectivity index (χ3n) is 1.73. The van der Waals surface area contributed by atoms with Crippen LogP contribution in [0.15, 0.2) is 28.9 Å². The van der Waals surface area contributed by atoms with E-state index in [0.717, 1.165) is 15.4 Å². The Labute approximate surface area is 88.5 Å². The molecule has 1 aromatic carbocycles. The summed E-state index contributed by atoms with van der Waals surface area (Å²) < 4.78 is 0.945. The van der Waals surface area contributed by atoms with Gasteiger partial charge in [-0.25, -0.2) is 9.97 Å². The van der Waals surface area contributed by atoms with E-state index in [1.807, 2.05) is 18.2 Å². The van der Waals surface area contributed by atoms with Crippen molar-refractivity contribution in [3.05, 3.63) is 28.9 Å². The molecule has 0 aliphatic carbocycles. The van der Waals surface area contributed by atoms with E-state index in [9.17, 15) is 4.79 Å². The first-order valence-corrected chi connectivity index (χ1v) is 4.71. The van der Waals surface area contributed by atoms with Crippen molar-refractivity contribution < 1.29 is 4.79 Å². The van der Waals surface area contributed by atoms with Gasteiger partial charge in [0.2, 0.25) is 12.4 Å². The molecule has 0 fully saturated rings. The number of nitrogens with one attached hydrogen (secondary N) is 1. The number of rotatable bonds is 2. The van der Waals surface area contributed by atoms with Gasteiger partial charge in [0.25, 0.3) is 0 Å². The molecule has 70 valence electrons. The molecule has 1 heterocycles. The zero-order valence-corrected chi connectivity index (χ0v) is 8.65. The van der Waals surface area contributed by atoms with Gasteiger partial charge in [0.15, 0.2) is 0 Å². The van der Waals surface area contributed by atoms with E-state index in [-0.39, 0.29) is 0 Å². The molecular weight excluding hydrogens is 246 g/mol. The normalized spacial score (nSPS) is 10.1. The molecular formula is C9H6BrN3O. The Bertz CT molecular complexity index is 486. The van der Waals surface area contributed by atoms with E-state index in [2.05, 4.69) is 31.2 Å². The number of aromatic nitrogens is 2. The first-order chi connectivity index (χ1) is 6.79. The van der Waals surface area contributed by atoms with Crippen LogP contribution in [-0.2, 0) is 4.79 Å².